The van der Waals surface area contributed by atoms with Gasteiger partial charge in [0, 0.05) is 6.42 Å². The predicted molar refractivity (Wildman–Crippen MR) is 142 cm³/mol. The maximum atomic E-state index is 11.9. The number of carboxylic acid groups (broad SMARTS) is 1. The van der Waals surface area contributed by atoms with Crippen LogP contribution >= 0.6 is 0 Å². The number of unbranched alkanes of at least 4 members (excludes halogenated alkanes) is 20. The molecule has 0 aliphatic carbocycles. The fourth-order valence-corrected chi connectivity index (χ4v) is 4.47. The smallest absolute Gasteiger partial charge is 0.326 e. The molecule has 0 fully saturated rings. The van der Waals surface area contributed by atoms with Crippen LogP contribution in [0.4, 0.5) is 0 Å². The van der Waals surface area contributed by atoms with Crippen LogP contribution in [-0.4, -0.2) is 23.0 Å². The molecule has 0 aromatic rings. The average molecular weight is 468 g/mol. The minimum absolute atomic E-state index is 0.110. The van der Waals surface area contributed by atoms with Gasteiger partial charge in [-0.25, -0.2) is 4.79 Å². The van der Waals surface area contributed by atoms with E-state index in [1.807, 2.05) is 6.92 Å². The predicted octanol–water partition coefficient (Wildman–Crippen LogP) is 8.96. The molecule has 0 unspecified atom stereocenters. The first kappa shape index (κ1) is 31.9. The van der Waals surface area contributed by atoms with Gasteiger partial charge < -0.3 is 10.4 Å². The minimum Gasteiger partial charge on any atom is -0.480 e. The van der Waals surface area contributed by atoms with Crippen molar-refractivity contribution in [1.29, 1.82) is 0 Å². The first-order chi connectivity index (χ1) is 16.1. The van der Waals surface area contributed by atoms with Crippen molar-refractivity contribution < 1.29 is 14.7 Å². The lowest BCUT2D eigenvalue weighted by molar-refractivity contribution is -0.142. The number of aliphatic carboxylic acids is 1. The number of carboxylic acids is 1. The van der Waals surface area contributed by atoms with Crippen LogP contribution in [0.1, 0.15) is 168 Å². The summed E-state index contributed by atoms with van der Waals surface area (Å²) >= 11 is 0. The van der Waals surface area contributed by atoms with Crippen molar-refractivity contribution in [1.82, 2.24) is 5.32 Å². The molecule has 1 atom stereocenters. The first-order valence-electron chi connectivity index (χ1n) is 14.6. The Balaban J connectivity index is 3.29. The van der Waals surface area contributed by atoms with Crippen LogP contribution in [0, 0.1) is 0 Å². The van der Waals surface area contributed by atoms with Crippen LogP contribution in [0.15, 0.2) is 0 Å². The molecular formula is C29H57NO3. The molecule has 4 nitrogen and oxygen atoms in total. The van der Waals surface area contributed by atoms with E-state index in [2.05, 4.69) is 12.2 Å². The Hall–Kier alpha value is -1.06. The van der Waals surface area contributed by atoms with E-state index >= 15 is 0 Å². The molecule has 196 valence electrons. The van der Waals surface area contributed by atoms with Gasteiger partial charge in [-0.2, -0.15) is 0 Å². The van der Waals surface area contributed by atoms with Gasteiger partial charge in [0.05, 0.1) is 0 Å². The van der Waals surface area contributed by atoms with Crippen LogP contribution < -0.4 is 5.32 Å². The van der Waals surface area contributed by atoms with E-state index in [0.717, 1.165) is 25.7 Å². The molecule has 0 bridgehead atoms. The van der Waals surface area contributed by atoms with Gasteiger partial charge in [0.1, 0.15) is 6.04 Å². The third-order valence-corrected chi connectivity index (χ3v) is 6.74. The molecule has 33 heavy (non-hydrogen) atoms. The molecular weight excluding hydrogens is 410 g/mol. The molecule has 0 aromatic carbocycles. The molecule has 0 aromatic heterocycles. The van der Waals surface area contributed by atoms with Crippen LogP contribution in [0.3, 0.4) is 0 Å². The highest BCUT2D eigenvalue weighted by molar-refractivity contribution is 5.83. The van der Waals surface area contributed by atoms with E-state index < -0.39 is 12.0 Å². The van der Waals surface area contributed by atoms with Crippen LogP contribution in [0.2, 0.25) is 0 Å². The van der Waals surface area contributed by atoms with Gasteiger partial charge in [-0.15, -0.1) is 0 Å². The second kappa shape index (κ2) is 25.6. The van der Waals surface area contributed by atoms with Gasteiger partial charge in [-0.3, -0.25) is 4.79 Å². The highest BCUT2D eigenvalue weighted by atomic mass is 16.4. The lowest BCUT2D eigenvalue weighted by Gasteiger charge is -2.13. The van der Waals surface area contributed by atoms with Crippen LogP contribution in [-0.2, 0) is 9.59 Å². The Bertz CT molecular complexity index is 439. The molecule has 0 saturated heterocycles. The summed E-state index contributed by atoms with van der Waals surface area (Å²) in [5, 5.41) is 11.8. The number of rotatable bonds is 26. The monoisotopic (exact) mass is 467 g/mol. The fraction of sp³-hybridized carbons (Fsp3) is 0.931. The van der Waals surface area contributed by atoms with E-state index in [9.17, 15) is 14.7 Å². The lowest BCUT2D eigenvalue weighted by Crippen LogP contribution is -2.40. The number of hydrogen-bond acceptors (Lipinski definition) is 2. The van der Waals surface area contributed by atoms with Gasteiger partial charge in [0.15, 0.2) is 0 Å². The third-order valence-electron chi connectivity index (χ3n) is 6.74. The topological polar surface area (TPSA) is 66.4 Å². The maximum absolute atomic E-state index is 11.9. The standard InChI is InChI=1S/C29H57NO3/c1-3-5-7-8-9-10-11-12-13-14-15-16-17-18-19-20-21-22-23-24-26-28(31)30-27(29(32)33)25-6-4-2/h27H,3-26H2,1-2H3,(H,30,31)(H,32,33)/t27-/m0/s1. The van der Waals surface area contributed by atoms with Crippen molar-refractivity contribution >= 4 is 11.9 Å². The third kappa shape index (κ3) is 23.9. The molecule has 0 aliphatic rings. The summed E-state index contributed by atoms with van der Waals surface area (Å²) in [7, 11) is 0. The summed E-state index contributed by atoms with van der Waals surface area (Å²) in [5.41, 5.74) is 0. The van der Waals surface area contributed by atoms with Crippen LogP contribution in [0.5, 0.6) is 0 Å². The summed E-state index contributed by atoms with van der Waals surface area (Å²) in [5.74, 6) is -1.03. The van der Waals surface area contributed by atoms with E-state index in [0.29, 0.717) is 12.8 Å². The molecule has 2 N–H and O–H groups in total. The van der Waals surface area contributed by atoms with Crippen molar-refractivity contribution in [2.45, 2.75) is 174 Å². The highest BCUT2D eigenvalue weighted by Crippen LogP contribution is 2.15. The Kier molecular flexibility index (Phi) is 24.7. The Labute approximate surface area is 206 Å². The van der Waals surface area contributed by atoms with Gasteiger partial charge >= 0.3 is 5.97 Å². The fourth-order valence-electron chi connectivity index (χ4n) is 4.47. The Morgan fingerprint density at radius 2 is 0.879 bits per heavy atom. The molecule has 0 rings (SSSR count). The number of amides is 1. The molecule has 0 radical (unpaired) electrons. The SMILES string of the molecule is CCCCCCCCCCCCCCCCCCCCCCC(=O)N[C@@H](CCCC)C(=O)O. The van der Waals surface area contributed by atoms with Gasteiger partial charge in [-0.05, 0) is 12.8 Å². The number of hydrogen-bond donors (Lipinski definition) is 2. The highest BCUT2D eigenvalue weighted by Gasteiger charge is 2.18. The van der Waals surface area contributed by atoms with Crippen molar-refractivity contribution in [3.63, 3.8) is 0 Å². The maximum Gasteiger partial charge on any atom is 0.326 e. The van der Waals surface area contributed by atoms with Gasteiger partial charge in [0.25, 0.3) is 0 Å². The lowest BCUT2D eigenvalue weighted by atomic mass is 10.0. The average Bonchev–Trinajstić information content (AvgIpc) is 2.80. The second-order valence-electron chi connectivity index (χ2n) is 10.1. The summed E-state index contributed by atoms with van der Waals surface area (Å²) in [4.78, 5) is 23.1. The quantitative estimate of drug-likeness (QED) is 0.125. The van der Waals surface area contributed by atoms with Crippen LogP contribution in [0.25, 0.3) is 0 Å². The summed E-state index contributed by atoms with van der Waals surface area (Å²) in [6.07, 6.45) is 29.6. The molecule has 1 amide bonds. The number of carbonyl (C=O) groups excluding carboxylic acids is 1. The molecule has 0 aliphatic heterocycles. The Morgan fingerprint density at radius 1 is 0.545 bits per heavy atom. The summed E-state index contributed by atoms with van der Waals surface area (Å²) < 4.78 is 0. The zero-order valence-corrected chi connectivity index (χ0v) is 22.3. The molecule has 0 heterocycles. The van der Waals surface area contributed by atoms with E-state index in [1.165, 1.54) is 116 Å². The second-order valence-corrected chi connectivity index (χ2v) is 10.1. The van der Waals surface area contributed by atoms with Gasteiger partial charge in [0.2, 0.25) is 5.91 Å². The number of carbonyl (C=O) groups is 2. The van der Waals surface area contributed by atoms with E-state index in [4.69, 9.17) is 0 Å². The van der Waals surface area contributed by atoms with Crippen molar-refractivity contribution in [2.24, 2.45) is 0 Å². The summed E-state index contributed by atoms with van der Waals surface area (Å²) in [6.45, 7) is 4.31. The number of nitrogens with one attached hydrogen (secondary N) is 1. The van der Waals surface area contributed by atoms with E-state index in [1.54, 1.807) is 0 Å². The van der Waals surface area contributed by atoms with Crippen molar-refractivity contribution in [2.75, 3.05) is 0 Å². The molecule has 0 spiro atoms. The first-order valence-corrected chi connectivity index (χ1v) is 14.6. The van der Waals surface area contributed by atoms with Crippen molar-refractivity contribution in [3.8, 4) is 0 Å². The molecule has 4 heteroatoms. The Morgan fingerprint density at radius 3 is 1.21 bits per heavy atom. The van der Waals surface area contributed by atoms with Crippen molar-refractivity contribution in [3.05, 3.63) is 0 Å². The largest absolute Gasteiger partial charge is 0.480 e. The molecule has 0 saturated carbocycles. The summed E-state index contributed by atoms with van der Waals surface area (Å²) in [6, 6.07) is -0.720. The minimum atomic E-state index is -0.916. The zero-order chi connectivity index (χ0) is 24.4. The zero-order valence-electron chi connectivity index (χ0n) is 22.3. The van der Waals surface area contributed by atoms with E-state index in [-0.39, 0.29) is 5.91 Å². The normalized spacial score (nSPS) is 12.1. The van der Waals surface area contributed by atoms with Gasteiger partial charge in [-0.1, -0.05) is 149 Å².